The number of ether oxygens (including phenoxy) is 1. The van der Waals surface area contributed by atoms with E-state index in [1.165, 1.54) is 5.56 Å². The molecule has 2 fully saturated rings. The number of carbonyl (C=O) groups is 1. The number of nitrogens with zero attached hydrogens (tertiary/aromatic N) is 1. The third kappa shape index (κ3) is 3.63. The fourth-order valence-corrected chi connectivity index (χ4v) is 4.30. The van der Waals surface area contributed by atoms with Gasteiger partial charge in [-0.2, -0.15) is 0 Å². The summed E-state index contributed by atoms with van der Waals surface area (Å²) in [5, 5.41) is 0. The van der Waals surface area contributed by atoms with Gasteiger partial charge in [0.05, 0.1) is 0 Å². The second kappa shape index (κ2) is 7.35. The van der Waals surface area contributed by atoms with Crippen LogP contribution in [0.3, 0.4) is 0 Å². The molecule has 0 radical (unpaired) electrons. The van der Waals surface area contributed by atoms with Crippen molar-refractivity contribution in [2.75, 3.05) is 6.54 Å². The molecule has 2 aliphatic rings. The Hall–Kier alpha value is -0.870. The van der Waals surface area contributed by atoms with Crippen molar-refractivity contribution in [3.8, 4) is 0 Å². The van der Waals surface area contributed by atoms with Crippen LogP contribution in [-0.4, -0.2) is 29.6 Å². The van der Waals surface area contributed by atoms with Crippen molar-refractivity contribution in [2.24, 2.45) is 5.92 Å². The van der Waals surface area contributed by atoms with Crippen LogP contribution in [0.1, 0.15) is 57.6 Å². The maximum atomic E-state index is 12.5. The van der Waals surface area contributed by atoms with Crippen molar-refractivity contribution in [3.05, 3.63) is 34.3 Å². The zero-order valence-corrected chi connectivity index (χ0v) is 15.6. The van der Waals surface area contributed by atoms with Crippen LogP contribution < -0.4 is 0 Å². The summed E-state index contributed by atoms with van der Waals surface area (Å²) in [7, 11) is 0. The van der Waals surface area contributed by atoms with Crippen molar-refractivity contribution in [3.63, 3.8) is 0 Å². The van der Waals surface area contributed by atoms with Gasteiger partial charge in [0.25, 0.3) is 0 Å². The van der Waals surface area contributed by atoms with Gasteiger partial charge in [-0.1, -0.05) is 48.3 Å². The van der Waals surface area contributed by atoms with Crippen LogP contribution in [-0.2, 0) is 9.53 Å². The first-order valence-corrected chi connectivity index (χ1v) is 9.61. The zero-order valence-electron chi connectivity index (χ0n) is 14.0. The zero-order chi connectivity index (χ0) is 16.4. The van der Waals surface area contributed by atoms with Gasteiger partial charge in [-0.25, -0.2) is 0 Å². The molecule has 3 rings (SSSR count). The fraction of sp³-hybridized carbons (Fsp3) is 0.632. The Morgan fingerprint density at radius 3 is 2.70 bits per heavy atom. The lowest BCUT2D eigenvalue weighted by Gasteiger charge is -2.48. The Kier molecular flexibility index (Phi) is 5.42. The fourth-order valence-electron chi connectivity index (χ4n) is 4.04. The smallest absolute Gasteiger partial charge is 0.323 e. The van der Waals surface area contributed by atoms with Gasteiger partial charge in [-0.05, 0) is 49.3 Å². The van der Waals surface area contributed by atoms with E-state index in [1.807, 2.05) is 0 Å². The van der Waals surface area contributed by atoms with Crippen LogP contribution in [0.4, 0.5) is 0 Å². The highest BCUT2D eigenvalue weighted by Crippen LogP contribution is 2.41. The van der Waals surface area contributed by atoms with Crippen LogP contribution in [0.25, 0.3) is 0 Å². The number of cyclic esters (lactones) is 1. The standard InChI is InChI=1S/C19H26BrNO2/c1-3-4-5-16-12-21-17(19(22)23-16)11-6-13(2)18(21)14-7-9-15(20)10-8-14/h7-10,13,16-18H,3-6,11-12H2,1-2H3/t13-,16-,17+,18-/m1/s1. The van der Waals surface area contributed by atoms with Crippen molar-refractivity contribution >= 4 is 21.9 Å². The summed E-state index contributed by atoms with van der Waals surface area (Å²) in [6.45, 7) is 5.37. The second-order valence-corrected chi connectivity index (χ2v) is 7.88. The Morgan fingerprint density at radius 2 is 2.00 bits per heavy atom. The topological polar surface area (TPSA) is 29.5 Å². The van der Waals surface area contributed by atoms with E-state index in [1.54, 1.807) is 0 Å². The quantitative estimate of drug-likeness (QED) is 0.709. The van der Waals surface area contributed by atoms with Gasteiger partial charge in [0.2, 0.25) is 0 Å². The number of fused-ring (bicyclic) bond motifs is 1. The molecule has 2 aliphatic heterocycles. The van der Waals surface area contributed by atoms with Gasteiger partial charge < -0.3 is 4.74 Å². The molecule has 1 aromatic rings. The summed E-state index contributed by atoms with van der Waals surface area (Å²) < 4.78 is 6.81. The largest absolute Gasteiger partial charge is 0.460 e. The van der Waals surface area contributed by atoms with E-state index in [4.69, 9.17) is 4.74 Å². The number of rotatable bonds is 4. The monoisotopic (exact) mass is 379 g/mol. The van der Waals surface area contributed by atoms with Crippen molar-refractivity contribution < 1.29 is 9.53 Å². The summed E-state index contributed by atoms with van der Waals surface area (Å²) in [6, 6.07) is 8.84. The lowest BCUT2D eigenvalue weighted by Crippen LogP contribution is -2.57. The highest BCUT2D eigenvalue weighted by molar-refractivity contribution is 9.10. The van der Waals surface area contributed by atoms with Gasteiger partial charge in [0.15, 0.2) is 0 Å². The highest BCUT2D eigenvalue weighted by Gasteiger charge is 2.44. The number of morpholine rings is 1. The minimum atomic E-state index is -0.0577. The lowest BCUT2D eigenvalue weighted by molar-refractivity contribution is -0.174. The number of hydrogen-bond donors (Lipinski definition) is 0. The minimum absolute atomic E-state index is 0.00800. The van der Waals surface area contributed by atoms with Gasteiger partial charge in [-0.3, -0.25) is 9.69 Å². The van der Waals surface area contributed by atoms with E-state index in [-0.39, 0.29) is 18.1 Å². The molecule has 2 saturated heterocycles. The summed E-state index contributed by atoms with van der Waals surface area (Å²) >= 11 is 3.51. The van der Waals surface area contributed by atoms with Crippen molar-refractivity contribution in [1.29, 1.82) is 0 Å². The Morgan fingerprint density at radius 1 is 1.26 bits per heavy atom. The number of piperidine rings is 1. The van der Waals surface area contributed by atoms with E-state index in [9.17, 15) is 4.79 Å². The molecule has 0 aromatic heterocycles. The first kappa shape index (κ1) is 17.0. The highest BCUT2D eigenvalue weighted by atomic mass is 79.9. The van der Waals surface area contributed by atoms with Gasteiger partial charge in [0.1, 0.15) is 12.1 Å². The number of carbonyl (C=O) groups excluding carboxylic acids is 1. The lowest BCUT2D eigenvalue weighted by atomic mass is 9.82. The van der Waals surface area contributed by atoms with Crippen LogP contribution in [0.5, 0.6) is 0 Å². The van der Waals surface area contributed by atoms with Crippen LogP contribution in [0.2, 0.25) is 0 Å². The van der Waals surface area contributed by atoms with Crippen LogP contribution in [0.15, 0.2) is 28.7 Å². The van der Waals surface area contributed by atoms with Gasteiger partial charge in [-0.15, -0.1) is 0 Å². The predicted octanol–water partition coefficient (Wildman–Crippen LogP) is 4.71. The molecule has 0 unspecified atom stereocenters. The molecular weight excluding hydrogens is 354 g/mol. The number of hydrogen-bond acceptors (Lipinski definition) is 3. The molecule has 0 bridgehead atoms. The maximum Gasteiger partial charge on any atom is 0.323 e. The number of benzene rings is 1. The molecule has 0 amide bonds. The third-order valence-corrected chi connectivity index (χ3v) is 5.78. The van der Waals surface area contributed by atoms with Crippen molar-refractivity contribution in [2.45, 2.75) is 64.1 Å². The van der Waals surface area contributed by atoms with E-state index in [0.717, 1.165) is 43.1 Å². The molecule has 23 heavy (non-hydrogen) atoms. The average Bonchev–Trinajstić information content (AvgIpc) is 2.54. The summed E-state index contributed by atoms with van der Waals surface area (Å²) in [5.41, 5.74) is 1.31. The molecule has 2 heterocycles. The number of unbranched alkanes of at least 4 members (excludes halogenated alkanes) is 1. The summed E-state index contributed by atoms with van der Waals surface area (Å²) in [4.78, 5) is 14.9. The Balaban J connectivity index is 1.84. The van der Waals surface area contributed by atoms with E-state index < -0.39 is 0 Å². The van der Waals surface area contributed by atoms with E-state index in [2.05, 4.69) is 58.9 Å². The molecule has 0 aliphatic carbocycles. The van der Waals surface area contributed by atoms with E-state index in [0.29, 0.717) is 12.0 Å². The molecule has 0 saturated carbocycles. The Bertz CT molecular complexity index is 545. The Labute approximate surface area is 147 Å². The van der Waals surface area contributed by atoms with Crippen LogP contribution in [0, 0.1) is 5.92 Å². The first-order chi connectivity index (χ1) is 11.1. The normalized spacial score (nSPS) is 31.5. The summed E-state index contributed by atoms with van der Waals surface area (Å²) in [5.74, 6) is 0.552. The third-order valence-electron chi connectivity index (χ3n) is 5.25. The molecule has 3 nitrogen and oxygen atoms in total. The predicted molar refractivity (Wildman–Crippen MR) is 95.2 cm³/mol. The van der Waals surface area contributed by atoms with Crippen LogP contribution >= 0.6 is 15.9 Å². The minimum Gasteiger partial charge on any atom is -0.460 e. The number of halogens is 1. The first-order valence-electron chi connectivity index (χ1n) is 8.82. The number of esters is 1. The molecular formula is C19H26BrNO2. The molecule has 4 heteroatoms. The van der Waals surface area contributed by atoms with Gasteiger partial charge in [0, 0.05) is 17.1 Å². The average molecular weight is 380 g/mol. The SMILES string of the molecule is CCCC[C@@H]1CN2[C@@H](CC[C@@H](C)[C@@H]2c2ccc(Br)cc2)C(=O)O1. The second-order valence-electron chi connectivity index (χ2n) is 6.96. The summed E-state index contributed by atoms with van der Waals surface area (Å²) in [6.07, 6.45) is 5.30. The van der Waals surface area contributed by atoms with E-state index >= 15 is 0 Å². The molecule has 126 valence electrons. The van der Waals surface area contributed by atoms with Gasteiger partial charge >= 0.3 is 5.97 Å². The molecule has 4 atom stereocenters. The van der Waals surface area contributed by atoms with Crippen molar-refractivity contribution in [1.82, 2.24) is 4.90 Å². The maximum absolute atomic E-state index is 12.5. The molecule has 1 aromatic carbocycles. The molecule has 0 N–H and O–H groups in total. The molecule has 0 spiro atoms.